The summed E-state index contributed by atoms with van der Waals surface area (Å²) in [5, 5.41) is 0.757. The molecule has 16 heavy (non-hydrogen) atoms. The van der Waals surface area contributed by atoms with Crippen LogP contribution in [0.3, 0.4) is 0 Å². The van der Waals surface area contributed by atoms with Gasteiger partial charge in [-0.3, -0.25) is 0 Å². The zero-order chi connectivity index (χ0) is 11.4. The Morgan fingerprint density at radius 2 is 1.44 bits per heavy atom. The summed E-state index contributed by atoms with van der Waals surface area (Å²) in [7, 11) is 0. The maximum atomic E-state index is 5.87. The van der Waals surface area contributed by atoms with Crippen LogP contribution in [0.25, 0.3) is 0 Å². The number of rotatable bonds is 3. The van der Waals surface area contributed by atoms with Gasteiger partial charge >= 0.3 is 0 Å². The maximum Gasteiger partial charge on any atom is 0.0406 e. The van der Waals surface area contributed by atoms with Crippen LogP contribution in [-0.4, -0.2) is 6.54 Å². The molecular weight excluding hydrogens is 218 g/mol. The highest BCUT2D eigenvalue weighted by atomic mass is 35.5. The van der Waals surface area contributed by atoms with Gasteiger partial charge in [0.05, 0.1) is 0 Å². The minimum Gasteiger partial charge on any atom is -0.330 e. The summed E-state index contributed by atoms with van der Waals surface area (Å²) in [5.74, 6) is 0.249. The lowest BCUT2D eigenvalue weighted by Crippen LogP contribution is -2.13. The summed E-state index contributed by atoms with van der Waals surface area (Å²) in [5.41, 5.74) is 8.29. The summed E-state index contributed by atoms with van der Waals surface area (Å²) in [6.45, 7) is 0.603. The van der Waals surface area contributed by atoms with Crippen molar-refractivity contribution in [2.45, 2.75) is 5.92 Å². The minimum atomic E-state index is 0.249. The summed E-state index contributed by atoms with van der Waals surface area (Å²) in [4.78, 5) is 0. The Balaban J connectivity index is 2.33. The van der Waals surface area contributed by atoms with Gasteiger partial charge in [-0.1, -0.05) is 54.1 Å². The van der Waals surface area contributed by atoms with Crippen LogP contribution in [0.15, 0.2) is 54.6 Å². The SMILES string of the molecule is NC[C@H](c1ccccc1)c1ccc(Cl)cc1. The van der Waals surface area contributed by atoms with Gasteiger partial charge < -0.3 is 5.73 Å². The number of nitrogens with two attached hydrogens (primary N) is 1. The second-order valence-electron chi connectivity index (χ2n) is 3.75. The molecule has 0 saturated heterocycles. The van der Waals surface area contributed by atoms with Crippen LogP contribution >= 0.6 is 11.6 Å². The van der Waals surface area contributed by atoms with E-state index in [1.54, 1.807) is 0 Å². The molecule has 0 spiro atoms. The maximum absolute atomic E-state index is 5.87. The molecule has 0 fully saturated rings. The molecule has 0 heterocycles. The van der Waals surface area contributed by atoms with Crippen molar-refractivity contribution in [2.75, 3.05) is 6.54 Å². The van der Waals surface area contributed by atoms with Crippen molar-refractivity contribution in [3.63, 3.8) is 0 Å². The van der Waals surface area contributed by atoms with Crippen LogP contribution in [0.4, 0.5) is 0 Å². The molecule has 0 aliphatic carbocycles. The van der Waals surface area contributed by atoms with Gasteiger partial charge in [0.25, 0.3) is 0 Å². The quantitative estimate of drug-likeness (QED) is 0.861. The first-order valence-corrected chi connectivity index (χ1v) is 5.69. The van der Waals surface area contributed by atoms with E-state index in [1.807, 2.05) is 42.5 Å². The number of hydrogen-bond donors (Lipinski definition) is 1. The molecule has 2 N–H and O–H groups in total. The lowest BCUT2D eigenvalue weighted by Gasteiger charge is -2.15. The third kappa shape index (κ3) is 2.43. The van der Waals surface area contributed by atoms with Gasteiger partial charge in [0.2, 0.25) is 0 Å². The molecule has 1 atom stereocenters. The van der Waals surface area contributed by atoms with Crippen molar-refractivity contribution in [3.05, 3.63) is 70.7 Å². The van der Waals surface area contributed by atoms with Crippen LogP contribution in [0.5, 0.6) is 0 Å². The third-order valence-electron chi connectivity index (χ3n) is 2.71. The average Bonchev–Trinajstić information content (AvgIpc) is 2.34. The Morgan fingerprint density at radius 1 is 0.875 bits per heavy atom. The molecule has 0 bridgehead atoms. The predicted molar refractivity (Wildman–Crippen MR) is 68.8 cm³/mol. The van der Waals surface area contributed by atoms with Gasteiger partial charge in [-0.05, 0) is 23.3 Å². The van der Waals surface area contributed by atoms with Gasteiger partial charge in [-0.15, -0.1) is 0 Å². The molecule has 1 nitrogen and oxygen atoms in total. The normalized spacial score (nSPS) is 12.4. The molecule has 0 amide bonds. The Bertz CT molecular complexity index is 436. The standard InChI is InChI=1S/C14H14ClN/c15-13-8-6-12(7-9-13)14(10-16)11-4-2-1-3-5-11/h1-9,14H,10,16H2/t14-/m1/s1. The van der Waals surface area contributed by atoms with Gasteiger partial charge in [-0.2, -0.15) is 0 Å². The number of hydrogen-bond acceptors (Lipinski definition) is 1. The topological polar surface area (TPSA) is 26.0 Å². The molecule has 2 heteroatoms. The fourth-order valence-electron chi connectivity index (χ4n) is 1.85. The smallest absolute Gasteiger partial charge is 0.0406 e. The molecule has 2 aromatic rings. The fraction of sp³-hybridized carbons (Fsp3) is 0.143. The van der Waals surface area contributed by atoms with Gasteiger partial charge in [0.15, 0.2) is 0 Å². The molecule has 0 unspecified atom stereocenters. The lowest BCUT2D eigenvalue weighted by atomic mass is 9.91. The van der Waals surface area contributed by atoms with Crippen molar-refractivity contribution < 1.29 is 0 Å². The molecule has 2 rings (SSSR count). The summed E-state index contributed by atoms with van der Waals surface area (Å²) >= 11 is 5.87. The van der Waals surface area contributed by atoms with E-state index in [0.717, 1.165) is 5.02 Å². The van der Waals surface area contributed by atoms with Gasteiger partial charge in [0.1, 0.15) is 0 Å². The summed E-state index contributed by atoms with van der Waals surface area (Å²) in [6.07, 6.45) is 0. The van der Waals surface area contributed by atoms with E-state index < -0.39 is 0 Å². The van der Waals surface area contributed by atoms with E-state index >= 15 is 0 Å². The monoisotopic (exact) mass is 231 g/mol. The third-order valence-corrected chi connectivity index (χ3v) is 2.96. The summed E-state index contributed by atoms with van der Waals surface area (Å²) < 4.78 is 0. The highest BCUT2D eigenvalue weighted by Crippen LogP contribution is 2.24. The highest BCUT2D eigenvalue weighted by molar-refractivity contribution is 6.30. The lowest BCUT2D eigenvalue weighted by molar-refractivity contribution is 0.819. The first-order chi connectivity index (χ1) is 7.81. The molecule has 82 valence electrons. The van der Waals surface area contributed by atoms with Crippen molar-refractivity contribution >= 4 is 11.6 Å². The molecule has 2 aromatic carbocycles. The molecule has 0 aliphatic heterocycles. The van der Waals surface area contributed by atoms with Crippen LogP contribution in [0, 0.1) is 0 Å². The zero-order valence-corrected chi connectivity index (χ0v) is 9.69. The Kier molecular flexibility index (Phi) is 3.60. The van der Waals surface area contributed by atoms with Crippen LogP contribution in [0.1, 0.15) is 17.0 Å². The van der Waals surface area contributed by atoms with E-state index in [2.05, 4.69) is 12.1 Å². The van der Waals surface area contributed by atoms with Crippen molar-refractivity contribution in [2.24, 2.45) is 5.73 Å². The predicted octanol–water partition coefficient (Wildman–Crippen LogP) is 3.43. The highest BCUT2D eigenvalue weighted by Gasteiger charge is 2.11. The molecular formula is C14H14ClN. The zero-order valence-electron chi connectivity index (χ0n) is 8.94. The molecule has 0 aromatic heterocycles. The van der Waals surface area contributed by atoms with E-state index in [9.17, 15) is 0 Å². The molecule has 0 radical (unpaired) electrons. The first kappa shape index (κ1) is 11.2. The van der Waals surface area contributed by atoms with Gasteiger partial charge in [-0.25, -0.2) is 0 Å². The fourth-order valence-corrected chi connectivity index (χ4v) is 1.97. The Morgan fingerprint density at radius 3 is 2.00 bits per heavy atom. The van der Waals surface area contributed by atoms with Crippen molar-refractivity contribution in [3.8, 4) is 0 Å². The average molecular weight is 232 g/mol. The van der Waals surface area contributed by atoms with Crippen molar-refractivity contribution in [1.82, 2.24) is 0 Å². The first-order valence-electron chi connectivity index (χ1n) is 5.31. The van der Waals surface area contributed by atoms with Crippen LogP contribution < -0.4 is 5.73 Å². The Labute approximate surface area is 101 Å². The van der Waals surface area contributed by atoms with Gasteiger partial charge in [0, 0.05) is 17.5 Å². The van der Waals surface area contributed by atoms with E-state index in [-0.39, 0.29) is 5.92 Å². The van der Waals surface area contributed by atoms with E-state index in [4.69, 9.17) is 17.3 Å². The second kappa shape index (κ2) is 5.15. The molecule has 0 saturated carbocycles. The molecule has 0 aliphatic rings. The second-order valence-corrected chi connectivity index (χ2v) is 4.19. The number of halogens is 1. The van der Waals surface area contributed by atoms with Crippen LogP contribution in [-0.2, 0) is 0 Å². The largest absolute Gasteiger partial charge is 0.330 e. The number of benzene rings is 2. The van der Waals surface area contributed by atoms with E-state index in [0.29, 0.717) is 6.54 Å². The minimum absolute atomic E-state index is 0.249. The van der Waals surface area contributed by atoms with Crippen LogP contribution in [0.2, 0.25) is 5.02 Å². The van der Waals surface area contributed by atoms with Crippen molar-refractivity contribution in [1.29, 1.82) is 0 Å². The Hall–Kier alpha value is -1.31. The summed E-state index contributed by atoms with van der Waals surface area (Å²) in [6, 6.07) is 18.2. The van der Waals surface area contributed by atoms with E-state index in [1.165, 1.54) is 11.1 Å².